The number of nitrogens with zero attached hydrogens (tertiary/aromatic N) is 2. The van der Waals surface area contributed by atoms with E-state index in [1.165, 1.54) is 17.0 Å². The zero-order valence-corrected chi connectivity index (χ0v) is 21.6. The van der Waals surface area contributed by atoms with Gasteiger partial charge in [0.25, 0.3) is 0 Å². The van der Waals surface area contributed by atoms with Gasteiger partial charge in [-0.25, -0.2) is 0 Å². The molecule has 0 saturated heterocycles. The molecule has 0 saturated carbocycles. The van der Waals surface area contributed by atoms with Crippen LogP contribution in [0, 0.1) is 6.92 Å². The third-order valence-corrected chi connectivity index (χ3v) is 5.42. The summed E-state index contributed by atoms with van der Waals surface area (Å²) in [4.78, 5) is 41.8. The highest BCUT2D eigenvalue weighted by Gasteiger charge is 2.29. The standard InChI is InChI=1S/C19H26N6O3.C8H7F3/c20-7-9-25(10-8-21)19(28)6-5-17(26)23-13-18(27)24-15-11-14-3-1-2-4-16(14)22-12-15;1-6-2-4-7(5-3-6)8(9,10)11/h1-4,11-12H,5-10,13,20-21H2,(H,23,26)(H,24,27);2-5H,1H3. The number of benzene rings is 2. The normalized spacial score (nSPS) is 10.8. The molecule has 210 valence electrons. The van der Waals surface area contributed by atoms with E-state index in [9.17, 15) is 27.6 Å². The van der Waals surface area contributed by atoms with Gasteiger partial charge in [0.15, 0.2) is 0 Å². The van der Waals surface area contributed by atoms with Crippen molar-refractivity contribution in [2.24, 2.45) is 11.5 Å². The maximum atomic E-state index is 12.1. The Morgan fingerprint density at radius 1 is 0.923 bits per heavy atom. The van der Waals surface area contributed by atoms with Crippen molar-refractivity contribution < 1.29 is 27.6 Å². The molecule has 0 bridgehead atoms. The summed E-state index contributed by atoms with van der Waals surface area (Å²) in [7, 11) is 0. The lowest BCUT2D eigenvalue weighted by atomic mass is 10.1. The van der Waals surface area contributed by atoms with Crippen LogP contribution in [0.25, 0.3) is 10.9 Å². The average Bonchev–Trinajstić information content (AvgIpc) is 2.90. The molecule has 0 fully saturated rings. The molecule has 9 nitrogen and oxygen atoms in total. The van der Waals surface area contributed by atoms with E-state index in [2.05, 4.69) is 15.6 Å². The molecule has 0 aliphatic heterocycles. The van der Waals surface area contributed by atoms with Crippen LogP contribution in [0.1, 0.15) is 24.0 Å². The fourth-order valence-electron chi connectivity index (χ4n) is 3.41. The largest absolute Gasteiger partial charge is 0.416 e. The number of halogens is 3. The zero-order chi connectivity index (χ0) is 28.8. The average molecular weight is 547 g/mol. The van der Waals surface area contributed by atoms with E-state index < -0.39 is 11.7 Å². The van der Waals surface area contributed by atoms with Gasteiger partial charge in [0.2, 0.25) is 17.7 Å². The third kappa shape index (κ3) is 11.1. The van der Waals surface area contributed by atoms with Crippen LogP contribution in [-0.2, 0) is 20.6 Å². The summed E-state index contributed by atoms with van der Waals surface area (Å²) in [6.07, 6.45) is -2.62. The van der Waals surface area contributed by atoms with Gasteiger partial charge in [-0.1, -0.05) is 35.9 Å². The lowest BCUT2D eigenvalue weighted by molar-refractivity contribution is -0.137. The van der Waals surface area contributed by atoms with Crippen LogP contribution in [0.5, 0.6) is 0 Å². The van der Waals surface area contributed by atoms with E-state index in [0.29, 0.717) is 31.9 Å². The molecule has 0 radical (unpaired) electrons. The first-order valence-electron chi connectivity index (χ1n) is 12.3. The van der Waals surface area contributed by atoms with Gasteiger partial charge in [-0.3, -0.25) is 19.4 Å². The first-order chi connectivity index (χ1) is 18.5. The van der Waals surface area contributed by atoms with Gasteiger partial charge in [0.05, 0.1) is 29.5 Å². The maximum absolute atomic E-state index is 12.1. The number of para-hydroxylation sites is 1. The lowest BCUT2D eigenvalue weighted by Gasteiger charge is -2.21. The highest BCUT2D eigenvalue weighted by atomic mass is 19.4. The van der Waals surface area contributed by atoms with E-state index in [1.54, 1.807) is 13.1 Å². The number of hydrogen-bond donors (Lipinski definition) is 4. The topological polar surface area (TPSA) is 143 Å². The number of rotatable bonds is 10. The molecule has 0 atom stereocenters. The molecule has 12 heteroatoms. The molecule has 3 rings (SSSR count). The van der Waals surface area contributed by atoms with Crippen LogP contribution in [0.15, 0.2) is 60.8 Å². The van der Waals surface area contributed by atoms with Crippen molar-refractivity contribution in [3.63, 3.8) is 0 Å². The predicted molar refractivity (Wildman–Crippen MR) is 143 cm³/mol. The Kier molecular flexibility index (Phi) is 12.3. The van der Waals surface area contributed by atoms with Crippen molar-refractivity contribution >= 4 is 34.3 Å². The number of fused-ring (bicyclic) bond motifs is 1. The molecule has 3 amide bonds. The third-order valence-electron chi connectivity index (χ3n) is 5.42. The van der Waals surface area contributed by atoms with Crippen molar-refractivity contribution in [2.45, 2.75) is 25.9 Å². The molecule has 0 aliphatic carbocycles. The Hall–Kier alpha value is -4.03. The van der Waals surface area contributed by atoms with Gasteiger partial charge in [-0.2, -0.15) is 13.2 Å². The molecule has 0 aliphatic rings. The van der Waals surface area contributed by atoms with Crippen molar-refractivity contribution in [2.75, 3.05) is 38.0 Å². The number of nitrogens with two attached hydrogens (primary N) is 2. The van der Waals surface area contributed by atoms with Gasteiger partial charge in [0.1, 0.15) is 0 Å². The van der Waals surface area contributed by atoms with Crippen LogP contribution < -0.4 is 22.1 Å². The summed E-state index contributed by atoms with van der Waals surface area (Å²) >= 11 is 0. The van der Waals surface area contributed by atoms with E-state index in [-0.39, 0.29) is 37.1 Å². The van der Waals surface area contributed by atoms with Crippen LogP contribution in [0.4, 0.5) is 18.9 Å². The van der Waals surface area contributed by atoms with Crippen LogP contribution in [0.2, 0.25) is 0 Å². The fraction of sp³-hybridized carbons (Fsp3) is 0.333. The van der Waals surface area contributed by atoms with Crippen LogP contribution >= 0.6 is 0 Å². The number of nitrogens with one attached hydrogen (secondary N) is 2. The second kappa shape index (κ2) is 15.4. The Bertz CT molecular complexity index is 1230. The second-order valence-corrected chi connectivity index (χ2v) is 8.56. The maximum Gasteiger partial charge on any atom is 0.416 e. The first-order valence-corrected chi connectivity index (χ1v) is 12.3. The quantitative estimate of drug-likeness (QED) is 0.308. The number of aromatic nitrogens is 1. The minimum absolute atomic E-state index is 0.00468. The van der Waals surface area contributed by atoms with Gasteiger partial charge < -0.3 is 27.0 Å². The van der Waals surface area contributed by atoms with Gasteiger partial charge >= 0.3 is 6.18 Å². The molecule has 39 heavy (non-hydrogen) atoms. The minimum atomic E-state index is -4.21. The summed E-state index contributed by atoms with van der Waals surface area (Å²) in [5.41, 5.74) is 12.5. The molecule has 0 spiro atoms. The predicted octanol–water partition coefficient (Wildman–Crippen LogP) is 2.83. The van der Waals surface area contributed by atoms with E-state index in [0.717, 1.165) is 28.6 Å². The first kappa shape index (κ1) is 31.2. The second-order valence-electron chi connectivity index (χ2n) is 8.56. The number of pyridine rings is 1. The Balaban J connectivity index is 0.000000404. The number of amides is 3. The lowest BCUT2D eigenvalue weighted by Crippen LogP contribution is -2.39. The van der Waals surface area contributed by atoms with Crippen molar-refractivity contribution in [1.29, 1.82) is 0 Å². The zero-order valence-electron chi connectivity index (χ0n) is 21.6. The molecular weight excluding hydrogens is 513 g/mol. The van der Waals surface area contributed by atoms with E-state index in [1.807, 2.05) is 30.3 Å². The Morgan fingerprint density at radius 3 is 2.18 bits per heavy atom. The van der Waals surface area contributed by atoms with Crippen molar-refractivity contribution in [1.82, 2.24) is 15.2 Å². The van der Waals surface area contributed by atoms with Crippen LogP contribution in [-0.4, -0.2) is 60.3 Å². The number of aryl methyl sites for hydroxylation is 1. The Labute approximate surface area is 224 Å². The van der Waals surface area contributed by atoms with Gasteiger partial charge in [-0.15, -0.1) is 0 Å². The molecule has 1 aromatic heterocycles. The van der Waals surface area contributed by atoms with E-state index >= 15 is 0 Å². The number of carbonyl (C=O) groups is 3. The highest BCUT2D eigenvalue weighted by Crippen LogP contribution is 2.28. The number of alkyl halides is 3. The summed E-state index contributed by atoms with van der Waals surface area (Å²) in [5.74, 6) is -0.928. The number of anilines is 1. The SMILES string of the molecule is Cc1ccc(C(F)(F)F)cc1.NCCN(CCN)C(=O)CCC(=O)NCC(=O)Nc1cnc2ccccc2c1. The molecule has 3 aromatic rings. The smallest absolute Gasteiger partial charge is 0.347 e. The monoisotopic (exact) mass is 546 g/mol. The Morgan fingerprint density at radius 2 is 1.56 bits per heavy atom. The van der Waals surface area contributed by atoms with Gasteiger partial charge in [-0.05, 0) is 31.2 Å². The summed E-state index contributed by atoms with van der Waals surface area (Å²) in [6, 6.07) is 14.4. The van der Waals surface area contributed by atoms with Crippen molar-refractivity contribution in [3.05, 3.63) is 71.9 Å². The summed E-state index contributed by atoms with van der Waals surface area (Å²) in [6.45, 7) is 3.04. The molecule has 2 aromatic carbocycles. The number of carbonyl (C=O) groups excluding carboxylic acids is 3. The van der Waals surface area contributed by atoms with Gasteiger partial charge in [0, 0.05) is 44.4 Å². The van der Waals surface area contributed by atoms with Crippen molar-refractivity contribution in [3.8, 4) is 0 Å². The van der Waals surface area contributed by atoms with E-state index in [4.69, 9.17) is 11.5 Å². The fourth-order valence-corrected chi connectivity index (χ4v) is 3.41. The highest BCUT2D eigenvalue weighted by molar-refractivity contribution is 5.96. The minimum Gasteiger partial charge on any atom is -0.347 e. The molecule has 0 unspecified atom stereocenters. The number of hydrogen-bond acceptors (Lipinski definition) is 6. The summed E-state index contributed by atoms with van der Waals surface area (Å²) < 4.78 is 35.8. The molecule has 6 N–H and O–H groups in total. The molecule has 1 heterocycles. The molecular formula is C27H33F3N6O3. The van der Waals surface area contributed by atoms with Crippen LogP contribution in [0.3, 0.4) is 0 Å². The summed E-state index contributed by atoms with van der Waals surface area (Å²) in [5, 5.41) is 6.10.